The lowest BCUT2D eigenvalue weighted by Crippen LogP contribution is -2.41. The minimum atomic E-state index is -3.79. The number of hydrogen-bond donors (Lipinski definition) is 1. The van der Waals surface area contributed by atoms with Crippen LogP contribution in [0.15, 0.2) is 23.1 Å². The van der Waals surface area contributed by atoms with Gasteiger partial charge in [-0.1, -0.05) is 13.0 Å². The van der Waals surface area contributed by atoms with E-state index in [9.17, 15) is 13.2 Å². The van der Waals surface area contributed by atoms with Gasteiger partial charge in [-0.3, -0.25) is 0 Å². The lowest BCUT2D eigenvalue weighted by molar-refractivity contribution is 0.0596. The summed E-state index contributed by atoms with van der Waals surface area (Å²) in [5.41, 5.74) is 0.252. The zero-order valence-electron chi connectivity index (χ0n) is 12.5. The number of hydrogen-bond acceptors (Lipinski definition) is 4. The first-order valence-corrected chi connectivity index (χ1v) is 7.84. The van der Waals surface area contributed by atoms with E-state index in [1.165, 1.54) is 19.2 Å². The van der Waals surface area contributed by atoms with Crippen molar-refractivity contribution in [2.24, 2.45) is 0 Å². The molecule has 6 heteroatoms. The monoisotopic (exact) mass is 299 g/mol. The van der Waals surface area contributed by atoms with Gasteiger partial charge in [0.15, 0.2) is 0 Å². The van der Waals surface area contributed by atoms with Gasteiger partial charge in [-0.2, -0.15) is 0 Å². The summed E-state index contributed by atoms with van der Waals surface area (Å²) in [4.78, 5) is 11.7. The molecular weight excluding hydrogens is 278 g/mol. The maximum atomic E-state index is 12.4. The quantitative estimate of drug-likeness (QED) is 0.864. The highest BCUT2D eigenvalue weighted by molar-refractivity contribution is 7.89. The van der Waals surface area contributed by atoms with E-state index in [1.807, 2.05) is 6.92 Å². The molecule has 1 aromatic carbocycles. The Labute approximate surface area is 120 Å². The van der Waals surface area contributed by atoms with Crippen LogP contribution in [0.25, 0.3) is 0 Å². The second kappa shape index (κ2) is 5.93. The van der Waals surface area contributed by atoms with Gasteiger partial charge in [-0.15, -0.1) is 0 Å². The minimum Gasteiger partial charge on any atom is -0.465 e. The Bertz CT molecular complexity index is 600. The van der Waals surface area contributed by atoms with Crippen molar-refractivity contribution in [2.75, 3.05) is 7.11 Å². The molecule has 0 fully saturated rings. The fourth-order valence-electron chi connectivity index (χ4n) is 1.75. The van der Waals surface area contributed by atoms with Gasteiger partial charge < -0.3 is 4.74 Å². The molecule has 0 spiro atoms. The zero-order chi connectivity index (χ0) is 15.6. The molecule has 0 aliphatic rings. The molecule has 0 aromatic heterocycles. The van der Waals surface area contributed by atoms with Gasteiger partial charge in [0.1, 0.15) is 0 Å². The number of sulfonamides is 1. The largest absolute Gasteiger partial charge is 0.465 e. The second-order valence-corrected chi connectivity index (χ2v) is 7.18. The first-order chi connectivity index (χ1) is 9.10. The van der Waals surface area contributed by atoms with Crippen molar-refractivity contribution in [3.63, 3.8) is 0 Å². The standard InChI is InChI=1S/C14H21NO4S/c1-6-10-7-8-11(13(16)19-5)12(9-10)20(17,18)15-14(2,3)4/h7-9,15H,6H2,1-5H3. The molecule has 0 saturated carbocycles. The maximum absolute atomic E-state index is 12.4. The van der Waals surface area contributed by atoms with E-state index < -0.39 is 21.5 Å². The number of carbonyl (C=O) groups is 1. The lowest BCUT2D eigenvalue weighted by atomic mass is 10.1. The summed E-state index contributed by atoms with van der Waals surface area (Å²) in [6.45, 7) is 7.14. The highest BCUT2D eigenvalue weighted by Crippen LogP contribution is 2.21. The van der Waals surface area contributed by atoms with Gasteiger partial charge in [0.05, 0.1) is 17.6 Å². The van der Waals surface area contributed by atoms with Crippen molar-refractivity contribution in [3.05, 3.63) is 29.3 Å². The second-order valence-electron chi connectivity index (χ2n) is 5.53. The van der Waals surface area contributed by atoms with E-state index in [-0.39, 0.29) is 10.5 Å². The average molecular weight is 299 g/mol. The van der Waals surface area contributed by atoms with Crippen LogP contribution in [0, 0.1) is 0 Å². The van der Waals surface area contributed by atoms with Crippen LogP contribution in [-0.2, 0) is 21.2 Å². The molecule has 1 rings (SSSR count). The van der Waals surface area contributed by atoms with Gasteiger partial charge in [0.25, 0.3) is 0 Å². The van der Waals surface area contributed by atoms with Crippen LogP contribution in [0.1, 0.15) is 43.6 Å². The molecule has 0 radical (unpaired) electrons. The normalized spacial score (nSPS) is 12.2. The van der Waals surface area contributed by atoms with E-state index in [0.717, 1.165) is 5.56 Å². The van der Waals surface area contributed by atoms with Crippen LogP contribution >= 0.6 is 0 Å². The van der Waals surface area contributed by atoms with Crippen LogP contribution in [0.4, 0.5) is 0 Å². The SMILES string of the molecule is CCc1ccc(C(=O)OC)c(S(=O)(=O)NC(C)(C)C)c1. The van der Waals surface area contributed by atoms with E-state index in [2.05, 4.69) is 9.46 Å². The third kappa shape index (κ3) is 4.05. The molecule has 0 bridgehead atoms. The van der Waals surface area contributed by atoms with Crippen LogP contribution in [0.5, 0.6) is 0 Å². The summed E-state index contributed by atoms with van der Waals surface area (Å²) < 4.78 is 32.1. The molecule has 1 aromatic rings. The number of ether oxygens (including phenoxy) is 1. The van der Waals surface area contributed by atoms with Gasteiger partial charge in [0.2, 0.25) is 10.0 Å². The molecule has 0 unspecified atom stereocenters. The number of rotatable bonds is 4. The molecule has 0 aliphatic heterocycles. The van der Waals surface area contributed by atoms with Gasteiger partial charge in [-0.05, 0) is 44.9 Å². The number of benzene rings is 1. The molecule has 0 heterocycles. The summed E-state index contributed by atoms with van der Waals surface area (Å²) in [5.74, 6) is -0.665. The molecular formula is C14H21NO4S. The predicted octanol–water partition coefficient (Wildman–Crippen LogP) is 2.11. The summed E-state index contributed by atoms with van der Waals surface area (Å²) in [6.07, 6.45) is 0.680. The Hall–Kier alpha value is -1.40. The summed E-state index contributed by atoms with van der Waals surface area (Å²) >= 11 is 0. The number of esters is 1. The van der Waals surface area contributed by atoms with E-state index in [0.29, 0.717) is 6.42 Å². The van der Waals surface area contributed by atoms with Crippen molar-refractivity contribution in [1.29, 1.82) is 0 Å². The number of aryl methyl sites for hydroxylation is 1. The Morgan fingerprint density at radius 1 is 1.30 bits per heavy atom. The highest BCUT2D eigenvalue weighted by atomic mass is 32.2. The molecule has 0 aliphatic carbocycles. The summed E-state index contributed by atoms with van der Waals surface area (Å²) in [6, 6.07) is 4.73. The first kappa shape index (κ1) is 16.7. The van der Waals surface area contributed by atoms with Crippen LogP contribution in [-0.4, -0.2) is 27.0 Å². The predicted molar refractivity (Wildman–Crippen MR) is 77.2 cm³/mol. The van der Waals surface area contributed by atoms with E-state index in [1.54, 1.807) is 26.8 Å². The van der Waals surface area contributed by atoms with Crippen molar-refractivity contribution < 1.29 is 17.9 Å². The van der Waals surface area contributed by atoms with Crippen molar-refractivity contribution in [1.82, 2.24) is 4.72 Å². The Kier molecular flexibility index (Phi) is 4.94. The average Bonchev–Trinajstić information content (AvgIpc) is 2.34. The summed E-state index contributed by atoms with van der Waals surface area (Å²) in [7, 11) is -2.56. The number of methoxy groups -OCH3 is 1. The minimum absolute atomic E-state index is 0.0429. The Morgan fingerprint density at radius 2 is 1.90 bits per heavy atom. The van der Waals surface area contributed by atoms with Gasteiger partial charge in [-0.25, -0.2) is 17.9 Å². The Morgan fingerprint density at radius 3 is 2.35 bits per heavy atom. The third-order valence-corrected chi connectivity index (χ3v) is 4.39. The van der Waals surface area contributed by atoms with Crippen molar-refractivity contribution >= 4 is 16.0 Å². The van der Waals surface area contributed by atoms with E-state index in [4.69, 9.17) is 0 Å². The topological polar surface area (TPSA) is 72.5 Å². The molecule has 5 nitrogen and oxygen atoms in total. The van der Waals surface area contributed by atoms with Crippen molar-refractivity contribution in [3.8, 4) is 0 Å². The van der Waals surface area contributed by atoms with Crippen LogP contribution < -0.4 is 4.72 Å². The fraction of sp³-hybridized carbons (Fsp3) is 0.500. The summed E-state index contributed by atoms with van der Waals surface area (Å²) in [5, 5.41) is 0. The number of carbonyl (C=O) groups excluding carboxylic acids is 1. The maximum Gasteiger partial charge on any atom is 0.339 e. The molecule has 20 heavy (non-hydrogen) atoms. The third-order valence-electron chi connectivity index (χ3n) is 2.59. The fourth-order valence-corrected chi connectivity index (χ4v) is 3.41. The highest BCUT2D eigenvalue weighted by Gasteiger charge is 2.27. The van der Waals surface area contributed by atoms with Gasteiger partial charge >= 0.3 is 5.97 Å². The Balaban J connectivity index is 3.43. The lowest BCUT2D eigenvalue weighted by Gasteiger charge is -2.21. The molecule has 0 atom stereocenters. The van der Waals surface area contributed by atoms with Crippen LogP contribution in [0.3, 0.4) is 0 Å². The van der Waals surface area contributed by atoms with Crippen LogP contribution in [0.2, 0.25) is 0 Å². The first-order valence-electron chi connectivity index (χ1n) is 6.36. The zero-order valence-corrected chi connectivity index (χ0v) is 13.3. The number of nitrogens with one attached hydrogen (secondary N) is 1. The van der Waals surface area contributed by atoms with E-state index >= 15 is 0 Å². The smallest absolute Gasteiger partial charge is 0.339 e. The molecule has 1 N–H and O–H groups in total. The van der Waals surface area contributed by atoms with Gasteiger partial charge in [0, 0.05) is 5.54 Å². The van der Waals surface area contributed by atoms with Crippen molar-refractivity contribution in [2.45, 2.75) is 44.6 Å². The molecule has 112 valence electrons. The molecule has 0 amide bonds. The molecule has 0 saturated heterocycles.